The molecule has 1 aromatic heterocycles. The first-order chi connectivity index (χ1) is 12.5. The van der Waals surface area contributed by atoms with E-state index >= 15 is 0 Å². The number of rotatable bonds is 5. The van der Waals surface area contributed by atoms with E-state index in [4.69, 9.17) is 0 Å². The number of aromatic nitrogens is 3. The number of carbonyl (C=O) groups is 2. The predicted octanol–water partition coefficient (Wildman–Crippen LogP) is 0.840. The highest BCUT2D eigenvalue weighted by molar-refractivity contribution is 5.89. The lowest BCUT2D eigenvalue weighted by atomic mass is 9.85. The minimum absolute atomic E-state index is 0.0129. The number of para-hydroxylation sites is 1. The lowest BCUT2D eigenvalue weighted by molar-refractivity contribution is -0.140. The monoisotopic (exact) mass is 356 g/mol. The van der Waals surface area contributed by atoms with E-state index < -0.39 is 5.54 Å². The average molecular weight is 356 g/mol. The van der Waals surface area contributed by atoms with Gasteiger partial charge in [0, 0.05) is 39.1 Å². The third kappa shape index (κ3) is 3.84. The minimum Gasteiger partial charge on any atom is -0.371 e. The lowest BCUT2D eigenvalue weighted by Crippen LogP contribution is -2.59. The van der Waals surface area contributed by atoms with Crippen molar-refractivity contribution in [3.05, 3.63) is 42.7 Å². The molecule has 8 heteroatoms. The molecule has 0 bridgehead atoms. The van der Waals surface area contributed by atoms with Crippen molar-refractivity contribution >= 4 is 17.5 Å². The van der Waals surface area contributed by atoms with Gasteiger partial charge in [0.1, 0.15) is 12.1 Å². The highest BCUT2D eigenvalue weighted by Crippen LogP contribution is 2.29. The molecule has 1 saturated heterocycles. The number of hydrogen-bond donors (Lipinski definition) is 1. The molecule has 8 nitrogen and oxygen atoms in total. The zero-order valence-corrected chi connectivity index (χ0v) is 15.1. The van der Waals surface area contributed by atoms with Crippen LogP contribution in [0.1, 0.15) is 12.8 Å². The van der Waals surface area contributed by atoms with Crippen LogP contribution in [0.3, 0.4) is 0 Å². The number of nitrogens with zero attached hydrogens (tertiary/aromatic N) is 5. The number of nitrogens with one attached hydrogen (secondary N) is 1. The predicted molar refractivity (Wildman–Crippen MR) is 97.3 cm³/mol. The first-order valence-corrected chi connectivity index (χ1v) is 8.67. The normalized spacial score (nSPS) is 16.2. The Kier molecular flexibility index (Phi) is 5.20. The highest BCUT2D eigenvalue weighted by Gasteiger charge is 2.43. The van der Waals surface area contributed by atoms with Crippen LogP contribution in [0.5, 0.6) is 0 Å². The van der Waals surface area contributed by atoms with Gasteiger partial charge in [-0.05, 0) is 25.0 Å². The molecule has 1 aromatic carbocycles. The van der Waals surface area contributed by atoms with Crippen LogP contribution >= 0.6 is 0 Å². The molecule has 2 aromatic rings. The molecule has 0 unspecified atom stereocenters. The fourth-order valence-electron chi connectivity index (χ4n) is 3.31. The van der Waals surface area contributed by atoms with Crippen LogP contribution in [-0.4, -0.2) is 69.3 Å². The smallest absolute Gasteiger partial charge is 0.247 e. The van der Waals surface area contributed by atoms with Crippen molar-refractivity contribution in [2.24, 2.45) is 0 Å². The van der Waals surface area contributed by atoms with Crippen molar-refractivity contribution < 1.29 is 9.59 Å². The van der Waals surface area contributed by atoms with Crippen LogP contribution in [0, 0.1) is 0 Å². The van der Waals surface area contributed by atoms with Gasteiger partial charge in [-0.25, -0.2) is 4.68 Å². The maximum atomic E-state index is 12.9. The first-order valence-electron chi connectivity index (χ1n) is 8.67. The SMILES string of the molecule is CN(C)C(=O)C1(Nc2ccccc2)CCN(C(=O)Cn2ccnn2)CC1. The molecular formula is C18H24N6O2. The van der Waals surface area contributed by atoms with Crippen molar-refractivity contribution in [1.29, 1.82) is 0 Å². The molecule has 1 aliphatic heterocycles. The molecule has 0 saturated carbocycles. The second kappa shape index (κ2) is 7.55. The molecule has 3 rings (SSSR count). The molecule has 0 spiro atoms. The van der Waals surface area contributed by atoms with Crippen molar-refractivity contribution in [3.63, 3.8) is 0 Å². The molecule has 2 heterocycles. The summed E-state index contributed by atoms with van der Waals surface area (Å²) in [6, 6.07) is 9.72. The van der Waals surface area contributed by atoms with Crippen LogP contribution in [0.4, 0.5) is 5.69 Å². The molecule has 0 aliphatic carbocycles. The summed E-state index contributed by atoms with van der Waals surface area (Å²) in [4.78, 5) is 28.8. The van der Waals surface area contributed by atoms with Gasteiger partial charge in [-0.1, -0.05) is 23.4 Å². The molecule has 0 atom stereocenters. The van der Waals surface area contributed by atoms with Crippen molar-refractivity contribution in [2.75, 3.05) is 32.5 Å². The standard InChI is InChI=1S/C18H24N6O2/c1-22(2)17(26)18(20-15-6-4-3-5-7-15)8-11-23(12-9-18)16(25)14-24-13-10-19-21-24/h3-7,10,13,20H,8-9,11-12,14H2,1-2H3. The highest BCUT2D eigenvalue weighted by atomic mass is 16.2. The summed E-state index contributed by atoms with van der Waals surface area (Å²) >= 11 is 0. The van der Waals surface area contributed by atoms with Crippen LogP contribution in [0.2, 0.25) is 0 Å². The molecule has 1 fully saturated rings. The maximum Gasteiger partial charge on any atom is 0.247 e. The Morgan fingerprint density at radius 2 is 1.88 bits per heavy atom. The van der Waals surface area contributed by atoms with Gasteiger partial charge in [0.05, 0.1) is 6.20 Å². The van der Waals surface area contributed by atoms with Gasteiger partial charge in [-0.15, -0.1) is 5.10 Å². The number of hydrogen-bond acceptors (Lipinski definition) is 5. The Hall–Kier alpha value is -2.90. The Bertz CT molecular complexity index is 736. The van der Waals surface area contributed by atoms with E-state index in [0.717, 1.165) is 5.69 Å². The third-order valence-corrected chi connectivity index (χ3v) is 4.71. The molecule has 2 amide bonds. The van der Waals surface area contributed by atoms with Gasteiger partial charge in [0.15, 0.2) is 0 Å². The van der Waals surface area contributed by atoms with E-state index in [1.165, 1.54) is 4.68 Å². The van der Waals surface area contributed by atoms with Crippen LogP contribution < -0.4 is 5.32 Å². The Labute approximate surface area is 152 Å². The summed E-state index contributed by atoms with van der Waals surface area (Å²) in [6.07, 6.45) is 4.33. The van der Waals surface area contributed by atoms with Crippen molar-refractivity contribution in [1.82, 2.24) is 24.8 Å². The summed E-state index contributed by atoms with van der Waals surface area (Å²) in [5, 5.41) is 11.0. The molecule has 138 valence electrons. The summed E-state index contributed by atoms with van der Waals surface area (Å²) in [7, 11) is 3.53. The molecular weight excluding hydrogens is 332 g/mol. The number of anilines is 1. The van der Waals surface area contributed by atoms with E-state index in [1.54, 1.807) is 36.3 Å². The molecule has 26 heavy (non-hydrogen) atoms. The summed E-state index contributed by atoms with van der Waals surface area (Å²) < 4.78 is 1.51. The van der Waals surface area contributed by atoms with Crippen molar-refractivity contribution in [3.8, 4) is 0 Å². The molecule has 1 aliphatic rings. The topological polar surface area (TPSA) is 83.4 Å². The number of amides is 2. The van der Waals surface area contributed by atoms with Crippen molar-refractivity contribution in [2.45, 2.75) is 24.9 Å². The summed E-state index contributed by atoms with van der Waals surface area (Å²) in [6.45, 7) is 1.21. The van der Waals surface area contributed by atoms with E-state index in [9.17, 15) is 9.59 Å². The fraction of sp³-hybridized carbons (Fsp3) is 0.444. The average Bonchev–Trinajstić information content (AvgIpc) is 3.15. The second-order valence-electron chi connectivity index (χ2n) is 6.75. The number of benzene rings is 1. The quantitative estimate of drug-likeness (QED) is 0.858. The van der Waals surface area contributed by atoms with Gasteiger partial charge >= 0.3 is 0 Å². The van der Waals surface area contributed by atoms with Gasteiger partial charge < -0.3 is 15.1 Å². The largest absolute Gasteiger partial charge is 0.371 e. The fourth-order valence-corrected chi connectivity index (χ4v) is 3.31. The summed E-state index contributed by atoms with van der Waals surface area (Å²) in [5.41, 5.74) is 0.208. The van der Waals surface area contributed by atoms with E-state index in [2.05, 4.69) is 15.6 Å². The Balaban J connectivity index is 1.70. The van der Waals surface area contributed by atoms with Crippen LogP contribution in [0.25, 0.3) is 0 Å². The van der Waals surface area contributed by atoms with E-state index in [0.29, 0.717) is 25.9 Å². The van der Waals surface area contributed by atoms with Gasteiger partial charge in [0.2, 0.25) is 11.8 Å². The lowest BCUT2D eigenvalue weighted by Gasteiger charge is -2.43. The zero-order chi connectivity index (χ0) is 18.6. The number of likely N-dealkylation sites (N-methyl/N-ethyl adjacent to an activating group) is 1. The summed E-state index contributed by atoms with van der Waals surface area (Å²) in [5.74, 6) is 0.0193. The maximum absolute atomic E-state index is 12.9. The molecule has 0 radical (unpaired) electrons. The Morgan fingerprint density at radius 1 is 1.19 bits per heavy atom. The van der Waals surface area contributed by atoms with Gasteiger partial charge in [-0.2, -0.15) is 0 Å². The Morgan fingerprint density at radius 3 is 2.46 bits per heavy atom. The first kappa shape index (κ1) is 17.9. The van der Waals surface area contributed by atoms with Gasteiger partial charge in [0.25, 0.3) is 0 Å². The number of carbonyl (C=O) groups excluding carboxylic acids is 2. The van der Waals surface area contributed by atoms with Crippen LogP contribution in [-0.2, 0) is 16.1 Å². The third-order valence-electron chi connectivity index (χ3n) is 4.71. The zero-order valence-electron chi connectivity index (χ0n) is 15.1. The van der Waals surface area contributed by atoms with Gasteiger partial charge in [-0.3, -0.25) is 9.59 Å². The van der Waals surface area contributed by atoms with Crippen LogP contribution in [0.15, 0.2) is 42.7 Å². The number of piperidine rings is 1. The van der Waals surface area contributed by atoms with E-state index in [-0.39, 0.29) is 18.4 Å². The minimum atomic E-state index is -0.700. The van der Waals surface area contributed by atoms with E-state index in [1.807, 2.05) is 30.3 Å². The number of likely N-dealkylation sites (tertiary alicyclic amines) is 1. The molecule has 1 N–H and O–H groups in total. The second-order valence-corrected chi connectivity index (χ2v) is 6.75.